The predicted octanol–water partition coefficient (Wildman–Crippen LogP) is 13.9. The molecule has 0 bridgehead atoms. The molecular weight excluding hydrogens is 729 g/mol. The van der Waals surface area contributed by atoms with Gasteiger partial charge in [-0.3, -0.25) is 0 Å². The summed E-state index contributed by atoms with van der Waals surface area (Å²) >= 11 is 3.63. The SMILES string of the molecule is c1ccc2c(c1)Oc1ccccc1C21c2cc(-c3cc4ccccc4o3)sc2C2(c3ccccc3Oc3ccccc32)c2cc(-c3cc4ccccc4o3)sc21. The van der Waals surface area contributed by atoms with E-state index in [0.29, 0.717) is 0 Å². The van der Waals surface area contributed by atoms with Crippen molar-refractivity contribution in [1.82, 2.24) is 0 Å². The van der Waals surface area contributed by atoms with E-state index in [9.17, 15) is 0 Å². The van der Waals surface area contributed by atoms with Crippen LogP contribution in [-0.2, 0) is 10.8 Å². The van der Waals surface area contributed by atoms with Crippen LogP contribution in [-0.4, -0.2) is 0 Å². The Balaban J connectivity index is 1.24. The summed E-state index contributed by atoms with van der Waals surface area (Å²) in [7, 11) is 0. The molecule has 0 saturated heterocycles. The van der Waals surface area contributed by atoms with Crippen molar-refractivity contribution in [1.29, 1.82) is 0 Å². The molecule has 4 aromatic heterocycles. The zero-order valence-electron chi connectivity index (χ0n) is 29.6. The molecule has 6 heterocycles. The number of para-hydroxylation sites is 6. The molecule has 6 heteroatoms. The first-order valence-corrected chi connectivity index (χ1v) is 20.4. The van der Waals surface area contributed by atoms with Crippen molar-refractivity contribution in [3.05, 3.63) is 213 Å². The predicted molar refractivity (Wildman–Crippen MR) is 223 cm³/mol. The summed E-state index contributed by atoms with van der Waals surface area (Å²) < 4.78 is 27.0. The Labute approximate surface area is 329 Å². The quantitative estimate of drug-likeness (QED) is 0.176. The number of ether oxygens (including phenoxy) is 2. The first-order chi connectivity index (χ1) is 27.7. The van der Waals surface area contributed by atoms with Crippen LogP contribution in [0.2, 0.25) is 0 Å². The summed E-state index contributed by atoms with van der Waals surface area (Å²) in [6, 6.07) is 60.0. The first kappa shape index (κ1) is 30.7. The van der Waals surface area contributed by atoms with Crippen molar-refractivity contribution in [3.8, 4) is 44.3 Å². The standard InChI is InChI=1S/C50H28O4S2/c1-7-19-37-29(13-1)25-43(51-37)45-27-35-47(55-45)50(33-17-5-11-23-41(33)54-42-24-12-6-18-34(42)50)36-28-46(44-26-30-14-2-8-20-38(30)52-44)56-48(36)49(35)31-15-3-9-21-39(31)53-40-22-10-4-16-32(40)49/h1-28H. The van der Waals surface area contributed by atoms with Gasteiger partial charge in [0.25, 0.3) is 0 Å². The molecule has 10 aromatic rings. The second-order valence-electron chi connectivity index (χ2n) is 14.7. The van der Waals surface area contributed by atoms with Gasteiger partial charge in [-0.1, -0.05) is 109 Å². The van der Waals surface area contributed by atoms with Crippen molar-refractivity contribution in [2.45, 2.75) is 10.8 Å². The highest BCUT2D eigenvalue weighted by Gasteiger charge is 2.61. The topological polar surface area (TPSA) is 44.7 Å². The minimum Gasteiger partial charge on any atom is -0.457 e. The number of hydrogen-bond donors (Lipinski definition) is 0. The highest BCUT2D eigenvalue weighted by atomic mass is 32.1. The average Bonchev–Trinajstić information content (AvgIpc) is 4.07. The Morgan fingerprint density at radius 1 is 0.339 bits per heavy atom. The molecule has 0 radical (unpaired) electrons. The summed E-state index contributed by atoms with van der Waals surface area (Å²) in [6.45, 7) is 0. The van der Waals surface area contributed by atoms with Crippen LogP contribution in [0.1, 0.15) is 43.1 Å². The summed E-state index contributed by atoms with van der Waals surface area (Å²) in [6.07, 6.45) is 0. The van der Waals surface area contributed by atoms with E-state index >= 15 is 0 Å². The Bertz CT molecular complexity index is 2820. The molecule has 0 atom stereocenters. The number of rotatable bonds is 2. The zero-order valence-corrected chi connectivity index (χ0v) is 31.2. The minimum atomic E-state index is -0.737. The van der Waals surface area contributed by atoms with Crippen molar-refractivity contribution in [3.63, 3.8) is 0 Å². The van der Waals surface area contributed by atoms with Crippen LogP contribution < -0.4 is 9.47 Å². The van der Waals surface area contributed by atoms with Crippen LogP contribution in [0.3, 0.4) is 0 Å². The van der Waals surface area contributed by atoms with Gasteiger partial charge in [0.05, 0.1) is 20.6 Å². The van der Waals surface area contributed by atoms with Gasteiger partial charge in [-0.2, -0.15) is 0 Å². The summed E-state index contributed by atoms with van der Waals surface area (Å²) in [5.41, 5.74) is 7.11. The molecule has 264 valence electrons. The summed E-state index contributed by atoms with van der Waals surface area (Å²) in [5, 5.41) is 2.16. The lowest BCUT2D eigenvalue weighted by Crippen LogP contribution is -2.45. The van der Waals surface area contributed by atoms with Gasteiger partial charge in [0.2, 0.25) is 0 Å². The molecule has 2 aliphatic heterocycles. The molecule has 3 aliphatic rings. The van der Waals surface area contributed by atoms with Gasteiger partial charge in [0, 0.05) is 42.8 Å². The highest BCUT2D eigenvalue weighted by Crippen LogP contribution is 2.70. The average molecular weight is 757 g/mol. The van der Waals surface area contributed by atoms with Crippen molar-refractivity contribution in [2.75, 3.05) is 0 Å². The monoisotopic (exact) mass is 756 g/mol. The van der Waals surface area contributed by atoms with E-state index in [0.717, 1.165) is 88.5 Å². The Morgan fingerprint density at radius 3 is 1.05 bits per heavy atom. The molecule has 0 amide bonds. The molecule has 2 spiro atoms. The van der Waals surface area contributed by atoms with Crippen molar-refractivity contribution in [2.24, 2.45) is 0 Å². The summed E-state index contributed by atoms with van der Waals surface area (Å²) in [5.74, 6) is 5.10. The molecule has 0 unspecified atom stereocenters. The lowest BCUT2D eigenvalue weighted by atomic mass is 9.54. The molecule has 13 rings (SSSR count). The van der Waals surface area contributed by atoms with E-state index in [-0.39, 0.29) is 0 Å². The third-order valence-electron chi connectivity index (χ3n) is 11.9. The van der Waals surface area contributed by atoms with Crippen molar-refractivity contribution >= 4 is 44.6 Å². The van der Waals surface area contributed by atoms with Crippen LogP contribution in [0.25, 0.3) is 43.2 Å². The second-order valence-corrected chi connectivity index (χ2v) is 16.8. The maximum absolute atomic E-state index is 6.80. The lowest BCUT2D eigenvalue weighted by Gasteiger charge is -2.50. The van der Waals surface area contributed by atoms with Crippen LogP contribution >= 0.6 is 22.7 Å². The van der Waals surface area contributed by atoms with E-state index in [1.807, 2.05) is 46.9 Å². The van der Waals surface area contributed by atoms with Gasteiger partial charge in [-0.15, -0.1) is 22.7 Å². The molecule has 0 fully saturated rings. The van der Waals surface area contributed by atoms with Gasteiger partial charge in [0.1, 0.15) is 45.7 Å². The molecule has 4 nitrogen and oxygen atoms in total. The van der Waals surface area contributed by atoms with E-state index < -0.39 is 10.8 Å². The third-order valence-corrected chi connectivity index (χ3v) is 14.4. The van der Waals surface area contributed by atoms with Crippen LogP contribution in [0.15, 0.2) is 179 Å². The zero-order chi connectivity index (χ0) is 36.6. The normalized spacial score (nSPS) is 15.0. The Hall–Kier alpha value is -6.60. The fourth-order valence-corrected chi connectivity index (χ4v) is 12.5. The number of thiophene rings is 2. The van der Waals surface area contributed by atoms with Gasteiger partial charge >= 0.3 is 0 Å². The van der Waals surface area contributed by atoms with Crippen LogP contribution in [0.4, 0.5) is 0 Å². The van der Waals surface area contributed by atoms with E-state index in [1.54, 1.807) is 0 Å². The van der Waals surface area contributed by atoms with Crippen molar-refractivity contribution < 1.29 is 18.3 Å². The van der Waals surface area contributed by atoms with Gasteiger partial charge in [-0.05, 0) is 71.8 Å². The lowest BCUT2D eigenvalue weighted by molar-refractivity contribution is 0.418. The van der Waals surface area contributed by atoms with Gasteiger partial charge in [-0.25, -0.2) is 0 Å². The van der Waals surface area contributed by atoms with Gasteiger partial charge < -0.3 is 18.3 Å². The third kappa shape index (κ3) is 3.82. The van der Waals surface area contributed by atoms with E-state index in [1.165, 1.54) is 20.9 Å². The van der Waals surface area contributed by atoms with E-state index in [4.69, 9.17) is 18.3 Å². The maximum atomic E-state index is 6.80. The van der Waals surface area contributed by atoms with Gasteiger partial charge in [0.15, 0.2) is 0 Å². The first-order valence-electron chi connectivity index (χ1n) is 18.7. The highest BCUT2D eigenvalue weighted by molar-refractivity contribution is 7.17. The molecular formula is C50H28O4S2. The molecule has 0 saturated carbocycles. The smallest absolute Gasteiger partial charge is 0.145 e. The molecule has 0 N–H and O–H groups in total. The van der Waals surface area contributed by atoms with Crippen LogP contribution in [0.5, 0.6) is 23.0 Å². The number of benzene rings is 6. The van der Waals surface area contributed by atoms with E-state index in [2.05, 4.69) is 146 Å². The Kier molecular flexibility index (Phi) is 6.03. The van der Waals surface area contributed by atoms with Crippen LogP contribution in [0, 0.1) is 0 Å². The number of hydrogen-bond acceptors (Lipinski definition) is 6. The largest absolute Gasteiger partial charge is 0.457 e. The minimum absolute atomic E-state index is 0.737. The summed E-state index contributed by atoms with van der Waals surface area (Å²) in [4.78, 5) is 4.59. The molecule has 6 aromatic carbocycles. The molecule has 1 aliphatic carbocycles. The Morgan fingerprint density at radius 2 is 0.679 bits per heavy atom. The number of furan rings is 2. The fourth-order valence-electron chi connectivity index (χ4n) is 9.65. The number of fused-ring (bicyclic) bond motifs is 16. The fraction of sp³-hybridized carbons (Fsp3) is 0.0400. The second kappa shape index (κ2) is 11.0. The molecule has 56 heavy (non-hydrogen) atoms. The maximum Gasteiger partial charge on any atom is 0.145 e.